The van der Waals surface area contributed by atoms with Crippen LogP contribution in [0.3, 0.4) is 0 Å². The summed E-state index contributed by atoms with van der Waals surface area (Å²) in [6, 6.07) is 12.6. The second-order valence-corrected chi connectivity index (χ2v) is 10.4. The molecule has 0 fully saturated rings. The monoisotopic (exact) mass is 468 g/mol. The van der Waals surface area contributed by atoms with Crippen LogP contribution in [0.15, 0.2) is 57.7 Å². The fraction of sp³-hybridized carbons (Fsp3) is 0.136. The van der Waals surface area contributed by atoms with Crippen LogP contribution in [-0.4, -0.2) is 33.0 Å². The SMILES string of the molecule is CNc1ccc2c(c1)N=C(c1ccc(NC(=O)NS(=O)(=O)c3ccc(C)s3)cc1C)C2=O. The number of rotatable bonds is 5. The van der Waals surface area contributed by atoms with E-state index in [0.717, 1.165) is 21.9 Å². The van der Waals surface area contributed by atoms with Gasteiger partial charge in [-0.15, -0.1) is 11.3 Å². The van der Waals surface area contributed by atoms with Crippen LogP contribution in [0.1, 0.15) is 26.4 Å². The van der Waals surface area contributed by atoms with Gasteiger partial charge in [0.25, 0.3) is 10.0 Å². The summed E-state index contributed by atoms with van der Waals surface area (Å²) in [5.74, 6) is -0.165. The second-order valence-electron chi connectivity index (χ2n) is 7.23. The first-order valence-electron chi connectivity index (χ1n) is 9.64. The van der Waals surface area contributed by atoms with Crippen LogP contribution in [0, 0.1) is 13.8 Å². The molecule has 164 valence electrons. The molecule has 0 saturated carbocycles. The van der Waals surface area contributed by atoms with E-state index in [9.17, 15) is 18.0 Å². The summed E-state index contributed by atoms with van der Waals surface area (Å²) in [5.41, 5.74) is 4.08. The number of carbonyl (C=O) groups is 2. The van der Waals surface area contributed by atoms with Crippen LogP contribution in [0.4, 0.5) is 21.9 Å². The van der Waals surface area contributed by atoms with Gasteiger partial charge in [0.05, 0.1) is 11.3 Å². The fourth-order valence-electron chi connectivity index (χ4n) is 3.35. The number of amides is 2. The molecule has 0 aliphatic carbocycles. The smallest absolute Gasteiger partial charge is 0.333 e. The molecular weight excluding hydrogens is 448 g/mol. The molecule has 0 radical (unpaired) electrons. The number of nitrogens with one attached hydrogen (secondary N) is 3. The van der Waals surface area contributed by atoms with Gasteiger partial charge >= 0.3 is 6.03 Å². The van der Waals surface area contributed by atoms with Crippen molar-refractivity contribution in [3.63, 3.8) is 0 Å². The third kappa shape index (κ3) is 4.14. The highest BCUT2D eigenvalue weighted by atomic mass is 32.2. The molecule has 1 aromatic heterocycles. The molecule has 0 atom stereocenters. The number of thiophene rings is 1. The number of ketones is 1. The van der Waals surface area contributed by atoms with Crippen LogP contribution < -0.4 is 15.4 Å². The number of sulfonamides is 1. The predicted molar refractivity (Wildman–Crippen MR) is 126 cm³/mol. The molecule has 1 aliphatic rings. The average Bonchev–Trinajstić information content (AvgIpc) is 3.31. The number of Topliss-reactive ketones (excluding diaryl/α,β-unsaturated/α-hetero) is 1. The molecule has 0 unspecified atom stereocenters. The number of carbonyl (C=O) groups excluding carboxylic acids is 2. The number of hydrogen-bond donors (Lipinski definition) is 3. The van der Waals surface area contributed by atoms with Crippen molar-refractivity contribution in [3.05, 3.63) is 70.1 Å². The Balaban J connectivity index is 1.51. The number of benzene rings is 2. The Morgan fingerprint density at radius 1 is 0.969 bits per heavy atom. The number of aliphatic imine (C=N–C) groups is 1. The van der Waals surface area contributed by atoms with E-state index in [-0.39, 0.29) is 9.99 Å². The Morgan fingerprint density at radius 2 is 1.69 bits per heavy atom. The standard InChI is InChI=1S/C22H20N4O4S2/c1-12-10-15(24-22(28)26-32(29,30)19-9-4-13(2)31-19)6-7-16(12)20-21(27)17-8-5-14(23-3)11-18(17)25-20/h4-11,23H,1-3H3,(H2,24,26,28). The third-order valence-corrected chi connectivity index (χ3v) is 7.75. The topological polar surface area (TPSA) is 117 Å². The molecule has 10 heteroatoms. The van der Waals surface area contributed by atoms with Crippen molar-refractivity contribution in [3.8, 4) is 0 Å². The zero-order chi connectivity index (χ0) is 23.0. The van der Waals surface area contributed by atoms with Gasteiger partial charge in [0, 0.05) is 28.9 Å². The van der Waals surface area contributed by atoms with Gasteiger partial charge in [0.1, 0.15) is 9.92 Å². The van der Waals surface area contributed by atoms with E-state index in [1.54, 1.807) is 51.2 Å². The van der Waals surface area contributed by atoms with Crippen molar-refractivity contribution in [1.29, 1.82) is 0 Å². The molecule has 3 aromatic rings. The van der Waals surface area contributed by atoms with Gasteiger partial charge in [-0.25, -0.2) is 22.9 Å². The fourth-order valence-corrected chi connectivity index (χ4v) is 5.54. The number of fused-ring (bicyclic) bond motifs is 1. The summed E-state index contributed by atoms with van der Waals surface area (Å²) in [6.07, 6.45) is 0. The van der Waals surface area contributed by atoms with Crippen LogP contribution in [-0.2, 0) is 10.0 Å². The first-order valence-corrected chi connectivity index (χ1v) is 11.9. The van der Waals surface area contributed by atoms with Gasteiger partial charge in [-0.2, -0.15) is 0 Å². The Morgan fingerprint density at radius 3 is 2.34 bits per heavy atom. The number of aryl methyl sites for hydroxylation is 2. The molecule has 0 bridgehead atoms. The average molecular weight is 469 g/mol. The van der Waals surface area contributed by atoms with E-state index >= 15 is 0 Å². The van der Waals surface area contributed by atoms with Gasteiger partial charge < -0.3 is 10.6 Å². The van der Waals surface area contributed by atoms with Gasteiger partial charge in [-0.05, 0) is 61.9 Å². The molecule has 0 spiro atoms. The maximum atomic E-state index is 12.8. The molecule has 2 amide bonds. The quantitative estimate of drug-likeness (QED) is 0.518. The highest BCUT2D eigenvalue weighted by molar-refractivity contribution is 7.92. The third-order valence-electron chi connectivity index (χ3n) is 4.93. The Kier molecular flexibility index (Phi) is 5.57. The molecule has 1 aliphatic heterocycles. The van der Waals surface area contributed by atoms with Gasteiger partial charge in [-0.1, -0.05) is 6.07 Å². The summed E-state index contributed by atoms with van der Waals surface area (Å²) in [5, 5.41) is 5.54. The lowest BCUT2D eigenvalue weighted by Gasteiger charge is -2.10. The van der Waals surface area contributed by atoms with E-state index in [1.165, 1.54) is 6.07 Å². The lowest BCUT2D eigenvalue weighted by Crippen LogP contribution is -2.34. The molecule has 32 heavy (non-hydrogen) atoms. The lowest BCUT2D eigenvalue weighted by molar-refractivity contribution is 0.107. The maximum Gasteiger partial charge on any atom is 0.333 e. The second kappa shape index (κ2) is 8.21. The lowest BCUT2D eigenvalue weighted by atomic mass is 9.98. The van der Waals surface area contributed by atoms with Crippen molar-refractivity contribution < 1.29 is 18.0 Å². The first kappa shape index (κ1) is 21.7. The minimum Gasteiger partial charge on any atom is -0.388 e. The normalized spacial score (nSPS) is 12.8. The predicted octanol–water partition coefficient (Wildman–Crippen LogP) is 4.23. The highest BCUT2D eigenvalue weighted by Gasteiger charge is 2.27. The van der Waals surface area contributed by atoms with E-state index in [2.05, 4.69) is 15.6 Å². The number of urea groups is 1. The zero-order valence-corrected chi connectivity index (χ0v) is 19.1. The summed E-state index contributed by atoms with van der Waals surface area (Å²) in [4.78, 5) is 30.4. The number of hydrogen-bond acceptors (Lipinski definition) is 7. The molecule has 8 nitrogen and oxygen atoms in total. The number of anilines is 2. The first-order chi connectivity index (χ1) is 15.2. The van der Waals surface area contributed by atoms with Crippen molar-refractivity contribution in [1.82, 2.24) is 4.72 Å². The Hall–Kier alpha value is -3.50. The summed E-state index contributed by atoms with van der Waals surface area (Å²) in [6.45, 7) is 3.58. The molecule has 2 heterocycles. The van der Waals surface area contributed by atoms with Crippen molar-refractivity contribution in [2.75, 3.05) is 17.7 Å². The molecule has 3 N–H and O–H groups in total. The minimum absolute atomic E-state index is 0.0652. The van der Waals surface area contributed by atoms with Crippen LogP contribution in [0.25, 0.3) is 0 Å². The van der Waals surface area contributed by atoms with E-state index < -0.39 is 16.1 Å². The molecule has 2 aromatic carbocycles. The minimum atomic E-state index is -3.95. The maximum absolute atomic E-state index is 12.8. The molecule has 4 rings (SSSR count). The van der Waals surface area contributed by atoms with Gasteiger partial charge in [-0.3, -0.25) is 4.79 Å². The highest BCUT2D eigenvalue weighted by Crippen LogP contribution is 2.32. The van der Waals surface area contributed by atoms with Crippen LogP contribution >= 0.6 is 11.3 Å². The summed E-state index contributed by atoms with van der Waals surface area (Å²) >= 11 is 1.08. The van der Waals surface area contributed by atoms with E-state index in [0.29, 0.717) is 33.8 Å². The van der Waals surface area contributed by atoms with Crippen LogP contribution in [0.5, 0.6) is 0 Å². The van der Waals surface area contributed by atoms with Gasteiger partial charge in [0.15, 0.2) is 0 Å². The van der Waals surface area contributed by atoms with Crippen molar-refractivity contribution in [2.45, 2.75) is 18.1 Å². The molecular formula is C22H20N4O4S2. The number of nitrogens with zero attached hydrogens (tertiary/aromatic N) is 1. The zero-order valence-electron chi connectivity index (χ0n) is 17.5. The van der Waals surface area contributed by atoms with Gasteiger partial charge in [0.2, 0.25) is 5.78 Å². The largest absolute Gasteiger partial charge is 0.388 e. The van der Waals surface area contributed by atoms with Crippen LogP contribution in [0.2, 0.25) is 0 Å². The molecule has 0 saturated heterocycles. The van der Waals surface area contributed by atoms with E-state index in [4.69, 9.17) is 0 Å². The van der Waals surface area contributed by atoms with Crippen molar-refractivity contribution in [2.24, 2.45) is 4.99 Å². The summed E-state index contributed by atoms with van der Waals surface area (Å²) in [7, 11) is -2.15. The van der Waals surface area contributed by atoms with Crippen molar-refractivity contribution >= 4 is 55.9 Å². The Bertz CT molecular complexity index is 1390. The Labute approximate surface area is 189 Å². The van der Waals surface area contributed by atoms with E-state index in [1.807, 2.05) is 16.9 Å². The summed E-state index contributed by atoms with van der Waals surface area (Å²) < 4.78 is 26.7.